The maximum absolute atomic E-state index is 10.8. The van der Waals surface area contributed by atoms with Crippen LogP contribution in [-0.4, -0.2) is 4.89 Å². The van der Waals surface area contributed by atoms with Gasteiger partial charge in [-0.25, -0.2) is 0 Å². The Balaban J connectivity index is 1.86. The summed E-state index contributed by atoms with van der Waals surface area (Å²) < 4.78 is 12.0. The van der Waals surface area contributed by atoms with Gasteiger partial charge in [-0.3, -0.25) is 0 Å². The Morgan fingerprint density at radius 3 is 2.00 bits per heavy atom. The summed E-state index contributed by atoms with van der Waals surface area (Å²) in [4.78, 5) is 10.8. The van der Waals surface area contributed by atoms with Gasteiger partial charge < -0.3 is 13.9 Å². The van der Waals surface area contributed by atoms with Crippen molar-refractivity contribution in [3.63, 3.8) is 0 Å². The summed E-state index contributed by atoms with van der Waals surface area (Å²) in [5, 5.41) is 0. The van der Waals surface area contributed by atoms with Crippen molar-refractivity contribution in [1.82, 2.24) is 0 Å². The van der Waals surface area contributed by atoms with Gasteiger partial charge >= 0.3 is 8.60 Å². The van der Waals surface area contributed by atoms with Crippen molar-refractivity contribution in [2.45, 2.75) is 72.6 Å². The van der Waals surface area contributed by atoms with E-state index in [0.717, 1.165) is 23.1 Å². The first-order valence-electron chi connectivity index (χ1n) is 11.5. The van der Waals surface area contributed by atoms with Gasteiger partial charge in [0.15, 0.2) is 0 Å². The summed E-state index contributed by atoms with van der Waals surface area (Å²) in [6.45, 7) is 17.2. The zero-order chi connectivity index (χ0) is 24.4. The molecule has 0 aliphatic heterocycles. The van der Waals surface area contributed by atoms with Crippen LogP contribution in [0.2, 0.25) is 0 Å². The van der Waals surface area contributed by atoms with Gasteiger partial charge in [-0.05, 0) is 59.1 Å². The van der Waals surface area contributed by atoms with Gasteiger partial charge in [0.2, 0.25) is 0 Å². The summed E-state index contributed by atoms with van der Waals surface area (Å²) in [5.41, 5.74) is 6.87. The van der Waals surface area contributed by atoms with E-state index in [9.17, 15) is 4.89 Å². The van der Waals surface area contributed by atoms with Crippen LogP contribution < -0.4 is 9.05 Å². The molecule has 3 aromatic rings. The quantitative estimate of drug-likeness (QED) is 0.374. The second kappa shape index (κ2) is 9.87. The molecule has 3 rings (SSSR count). The minimum absolute atomic E-state index is 0.0331. The summed E-state index contributed by atoms with van der Waals surface area (Å²) in [6.07, 6.45) is 0.736. The Morgan fingerprint density at radius 1 is 0.727 bits per heavy atom. The summed E-state index contributed by atoms with van der Waals surface area (Å²) in [7, 11) is -2.14. The smallest absolute Gasteiger partial charge is 0.418 e. The predicted octanol–water partition coefficient (Wildman–Crippen LogP) is 8.17. The Kier molecular flexibility index (Phi) is 7.56. The van der Waals surface area contributed by atoms with Crippen LogP contribution in [0.1, 0.15) is 74.9 Å². The highest BCUT2D eigenvalue weighted by atomic mass is 31.2. The number of hydrogen-bond acceptors (Lipinski definition) is 3. The predicted molar refractivity (Wildman–Crippen MR) is 139 cm³/mol. The molecule has 0 saturated carbocycles. The molecule has 0 aliphatic carbocycles. The zero-order valence-electron chi connectivity index (χ0n) is 21.2. The van der Waals surface area contributed by atoms with E-state index in [0.29, 0.717) is 11.5 Å². The molecule has 0 bridgehead atoms. The molecule has 1 unspecified atom stereocenters. The van der Waals surface area contributed by atoms with Crippen LogP contribution in [0.15, 0.2) is 60.7 Å². The Morgan fingerprint density at radius 2 is 1.36 bits per heavy atom. The molecule has 33 heavy (non-hydrogen) atoms. The van der Waals surface area contributed by atoms with Crippen LogP contribution in [0.25, 0.3) is 0 Å². The monoisotopic (exact) mass is 464 g/mol. The fourth-order valence-electron chi connectivity index (χ4n) is 3.80. The molecule has 0 spiro atoms. The zero-order valence-corrected chi connectivity index (χ0v) is 22.1. The van der Waals surface area contributed by atoms with E-state index in [4.69, 9.17) is 9.05 Å². The standard InChI is InChI=1S/C29H37O3P/c1-20-13-15-26(23(17-20)18-22-12-10-9-11-21(22)2)31-33(30)32-27-16-14-24(28(3,4)5)19-25(27)29(6,7)8/h9-17,19,30H,18H2,1-8H3. The van der Waals surface area contributed by atoms with Crippen LogP contribution in [-0.2, 0) is 17.3 Å². The lowest BCUT2D eigenvalue weighted by Crippen LogP contribution is -2.17. The third kappa shape index (κ3) is 6.59. The van der Waals surface area contributed by atoms with Gasteiger partial charge in [0.05, 0.1) is 0 Å². The molecule has 0 radical (unpaired) electrons. The lowest BCUT2D eigenvalue weighted by molar-refractivity contribution is 0.374. The Labute approximate surface area is 200 Å². The van der Waals surface area contributed by atoms with Crippen molar-refractivity contribution in [1.29, 1.82) is 0 Å². The normalized spacial score (nSPS) is 13.0. The molecule has 0 aliphatic rings. The summed E-state index contributed by atoms with van der Waals surface area (Å²) in [6, 6.07) is 20.6. The maximum Gasteiger partial charge on any atom is 0.460 e. The molecule has 0 fully saturated rings. The molecule has 1 atom stereocenters. The van der Waals surface area contributed by atoms with Crippen LogP contribution in [0, 0.1) is 13.8 Å². The summed E-state index contributed by atoms with van der Waals surface area (Å²) >= 11 is 0. The minimum atomic E-state index is -2.14. The first kappa shape index (κ1) is 25.3. The fraction of sp³-hybridized carbons (Fsp3) is 0.379. The van der Waals surface area contributed by atoms with E-state index in [1.807, 2.05) is 24.3 Å². The van der Waals surface area contributed by atoms with E-state index >= 15 is 0 Å². The molecule has 1 N–H and O–H groups in total. The van der Waals surface area contributed by atoms with Gasteiger partial charge in [0.1, 0.15) is 11.5 Å². The lowest BCUT2D eigenvalue weighted by atomic mass is 9.80. The second-order valence-corrected chi connectivity index (χ2v) is 11.7. The third-order valence-electron chi connectivity index (χ3n) is 5.86. The molecule has 0 aromatic heterocycles. The third-order valence-corrected chi connectivity index (χ3v) is 6.57. The van der Waals surface area contributed by atoms with E-state index in [1.54, 1.807) is 0 Å². The van der Waals surface area contributed by atoms with Crippen molar-refractivity contribution in [2.24, 2.45) is 0 Å². The van der Waals surface area contributed by atoms with Crippen molar-refractivity contribution >= 4 is 8.60 Å². The average Bonchev–Trinajstić information content (AvgIpc) is 2.70. The largest absolute Gasteiger partial charge is 0.460 e. The lowest BCUT2D eigenvalue weighted by Gasteiger charge is -2.27. The van der Waals surface area contributed by atoms with Crippen molar-refractivity contribution in [2.75, 3.05) is 0 Å². The maximum atomic E-state index is 10.8. The topological polar surface area (TPSA) is 38.7 Å². The molecule has 3 aromatic carbocycles. The first-order valence-corrected chi connectivity index (χ1v) is 12.6. The van der Waals surface area contributed by atoms with Gasteiger partial charge in [-0.2, -0.15) is 0 Å². The SMILES string of the molecule is Cc1ccc(OP(O)Oc2ccc(C(C)(C)C)cc2C(C)(C)C)c(Cc2ccccc2C)c1. The van der Waals surface area contributed by atoms with Crippen LogP contribution in [0.3, 0.4) is 0 Å². The second-order valence-electron chi connectivity index (χ2n) is 10.8. The van der Waals surface area contributed by atoms with Crippen molar-refractivity contribution in [3.8, 4) is 11.5 Å². The highest BCUT2D eigenvalue weighted by Crippen LogP contribution is 2.43. The van der Waals surface area contributed by atoms with Gasteiger partial charge in [0.25, 0.3) is 0 Å². The van der Waals surface area contributed by atoms with Crippen molar-refractivity contribution in [3.05, 3.63) is 94.0 Å². The van der Waals surface area contributed by atoms with E-state index in [1.165, 1.54) is 16.7 Å². The molecule has 176 valence electrons. The Hall–Kier alpha value is -2.35. The number of hydrogen-bond donors (Lipinski definition) is 1. The van der Waals surface area contributed by atoms with Gasteiger partial charge in [0, 0.05) is 12.0 Å². The van der Waals surface area contributed by atoms with Crippen LogP contribution >= 0.6 is 8.60 Å². The number of rotatable bonds is 6. The minimum Gasteiger partial charge on any atom is -0.418 e. The molecule has 0 saturated heterocycles. The van der Waals surface area contributed by atoms with Crippen LogP contribution in [0.4, 0.5) is 0 Å². The number of aryl methyl sites for hydroxylation is 2. The molecular weight excluding hydrogens is 427 g/mol. The fourth-order valence-corrected chi connectivity index (χ4v) is 4.51. The molecule has 4 heteroatoms. The first-order chi connectivity index (χ1) is 15.3. The van der Waals surface area contributed by atoms with E-state index in [-0.39, 0.29) is 10.8 Å². The molecular formula is C29H37O3P. The van der Waals surface area contributed by atoms with Crippen molar-refractivity contribution < 1.29 is 13.9 Å². The highest BCUT2D eigenvalue weighted by Gasteiger charge is 2.25. The van der Waals surface area contributed by atoms with Gasteiger partial charge in [-0.1, -0.05) is 95.6 Å². The molecule has 3 nitrogen and oxygen atoms in total. The van der Waals surface area contributed by atoms with E-state index in [2.05, 4.69) is 91.8 Å². The highest BCUT2D eigenvalue weighted by molar-refractivity contribution is 7.41. The molecule has 0 heterocycles. The van der Waals surface area contributed by atoms with Crippen LogP contribution in [0.5, 0.6) is 11.5 Å². The summed E-state index contributed by atoms with van der Waals surface area (Å²) in [5.74, 6) is 1.32. The van der Waals surface area contributed by atoms with E-state index < -0.39 is 8.60 Å². The average molecular weight is 465 g/mol. The number of benzene rings is 3. The van der Waals surface area contributed by atoms with Gasteiger partial charge in [-0.15, -0.1) is 0 Å². The molecule has 0 amide bonds. The Bertz CT molecular complexity index is 1110.